The fourth-order valence-corrected chi connectivity index (χ4v) is 4.38. The Bertz CT molecular complexity index is 957. The third-order valence-electron chi connectivity index (χ3n) is 4.29. The molecule has 0 fully saturated rings. The molecule has 0 unspecified atom stereocenters. The Morgan fingerprint density at radius 3 is 2.17 bits per heavy atom. The Balaban J connectivity index is 2.37. The van der Waals surface area contributed by atoms with Crippen LogP contribution in [-0.2, 0) is 10.0 Å². The molecule has 0 aliphatic heterocycles. The van der Waals surface area contributed by atoms with Gasteiger partial charge in [0.25, 0.3) is 5.91 Å². The second-order valence-electron chi connectivity index (χ2n) is 7.39. The number of carbonyl (C=O) groups excluding carboxylic acids is 1. The lowest BCUT2D eigenvalue weighted by Crippen LogP contribution is -2.33. The maximum atomic E-state index is 13.2. The first-order valence-electron chi connectivity index (χ1n) is 9.32. The molecule has 2 aromatic rings. The van der Waals surface area contributed by atoms with Gasteiger partial charge in [0.05, 0.1) is 13.2 Å². The minimum absolute atomic E-state index is 0.0356. The predicted molar refractivity (Wildman–Crippen MR) is 110 cm³/mol. The minimum atomic E-state index is -3.86. The molecule has 0 saturated heterocycles. The molecule has 158 valence electrons. The Kier molecular flexibility index (Phi) is 7.37. The quantitative estimate of drug-likeness (QED) is 0.680. The number of benzene rings is 2. The molecule has 0 radical (unpaired) electrons. The van der Waals surface area contributed by atoms with E-state index >= 15 is 0 Å². The average molecular weight is 423 g/mol. The van der Waals surface area contributed by atoms with Gasteiger partial charge in [-0.25, -0.2) is 17.5 Å². The zero-order valence-electron chi connectivity index (χ0n) is 17.2. The topological polar surface area (TPSA) is 84.5 Å². The van der Waals surface area contributed by atoms with E-state index in [2.05, 4.69) is 10.0 Å². The van der Waals surface area contributed by atoms with Crippen molar-refractivity contribution in [2.75, 3.05) is 7.11 Å². The van der Waals surface area contributed by atoms with Crippen LogP contribution in [0.4, 0.5) is 4.39 Å². The normalized spacial score (nSPS) is 12.8. The van der Waals surface area contributed by atoms with E-state index in [4.69, 9.17) is 4.74 Å². The molecule has 0 saturated carbocycles. The van der Waals surface area contributed by atoms with E-state index in [1.165, 1.54) is 37.4 Å². The summed E-state index contributed by atoms with van der Waals surface area (Å²) in [7, 11) is -2.49. The third kappa shape index (κ3) is 5.77. The molecule has 0 heterocycles. The van der Waals surface area contributed by atoms with Crippen molar-refractivity contribution in [2.45, 2.75) is 44.7 Å². The second kappa shape index (κ2) is 9.37. The van der Waals surface area contributed by atoms with E-state index in [-0.39, 0.29) is 40.0 Å². The van der Waals surface area contributed by atoms with Gasteiger partial charge in [-0.3, -0.25) is 4.79 Å². The van der Waals surface area contributed by atoms with Crippen LogP contribution in [0.1, 0.15) is 49.7 Å². The van der Waals surface area contributed by atoms with Crippen LogP contribution in [0.15, 0.2) is 47.4 Å². The molecule has 2 aromatic carbocycles. The first kappa shape index (κ1) is 22.8. The maximum absolute atomic E-state index is 13.2. The highest BCUT2D eigenvalue weighted by molar-refractivity contribution is 7.89. The maximum Gasteiger partial charge on any atom is 0.251 e. The molecule has 2 N–H and O–H groups in total. The van der Waals surface area contributed by atoms with Gasteiger partial charge in [-0.15, -0.1) is 0 Å². The fourth-order valence-electron chi connectivity index (χ4n) is 2.93. The number of hydrogen-bond acceptors (Lipinski definition) is 4. The van der Waals surface area contributed by atoms with Crippen LogP contribution in [0.25, 0.3) is 0 Å². The van der Waals surface area contributed by atoms with Crippen molar-refractivity contribution in [3.63, 3.8) is 0 Å². The molecule has 0 aliphatic carbocycles. The number of halogens is 1. The minimum Gasteiger partial charge on any atom is -0.495 e. The summed E-state index contributed by atoms with van der Waals surface area (Å²) < 4.78 is 46.1. The van der Waals surface area contributed by atoms with Crippen LogP contribution < -0.4 is 14.8 Å². The lowest BCUT2D eigenvalue weighted by atomic mass is 9.95. The summed E-state index contributed by atoms with van der Waals surface area (Å²) in [6, 6.07) is 9.49. The van der Waals surface area contributed by atoms with Crippen LogP contribution in [0.2, 0.25) is 0 Å². The monoisotopic (exact) mass is 422 g/mol. The highest BCUT2D eigenvalue weighted by Crippen LogP contribution is 2.27. The lowest BCUT2D eigenvalue weighted by molar-refractivity contribution is 0.0925. The van der Waals surface area contributed by atoms with Gasteiger partial charge in [0.15, 0.2) is 0 Å². The number of nitrogens with one attached hydrogen (secondary N) is 2. The standard InChI is InChI=1S/C21H27FN2O4S/c1-13(2)20(15-6-9-17(22)10-7-15)23-21(25)16-8-11-18(28-5)19(12-16)29(26,27)24-14(3)4/h6-14,20,24H,1-5H3,(H,23,25)/t20-/m1/s1. The highest BCUT2D eigenvalue weighted by atomic mass is 32.2. The SMILES string of the molecule is COc1ccc(C(=O)N[C@@H](c2ccc(F)cc2)C(C)C)cc1S(=O)(=O)NC(C)C. The Morgan fingerprint density at radius 2 is 1.66 bits per heavy atom. The lowest BCUT2D eigenvalue weighted by Gasteiger charge is -2.23. The summed E-state index contributed by atoms with van der Waals surface area (Å²) in [5, 5.41) is 2.91. The van der Waals surface area contributed by atoms with Gasteiger partial charge in [-0.05, 0) is 55.7 Å². The fraction of sp³-hybridized carbons (Fsp3) is 0.381. The van der Waals surface area contributed by atoms with Crippen molar-refractivity contribution in [1.82, 2.24) is 10.0 Å². The van der Waals surface area contributed by atoms with Crippen molar-refractivity contribution in [2.24, 2.45) is 5.92 Å². The summed E-state index contributed by atoms with van der Waals surface area (Å²) in [4.78, 5) is 12.8. The van der Waals surface area contributed by atoms with E-state index < -0.39 is 15.9 Å². The molecule has 0 bridgehead atoms. The summed E-state index contributed by atoms with van der Waals surface area (Å²) in [6.45, 7) is 7.28. The van der Waals surface area contributed by atoms with E-state index in [1.54, 1.807) is 26.0 Å². The summed E-state index contributed by atoms with van der Waals surface area (Å²) in [5.41, 5.74) is 0.945. The first-order chi connectivity index (χ1) is 13.5. The molecular formula is C21H27FN2O4S. The molecule has 0 spiro atoms. The van der Waals surface area contributed by atoms with Crippen molar-refractivity contribution >= 4 is 15.9 Å². The molecule has 0 aromatic heterocycles. The summed E-state index contributed by atoms with van der Waals surface area (Å²) >= 11 is 0. The first-order valence-corrected chi connectivity index (χ1v) is 10.8. The van der Waals surface area contributed by atoms with Gasteiger partial charge in [-0.1, -0.05) is 26.0 Å². The number of sulfonamides is 1. The Morgan fingerprint density at radius 1 is 1.03 bits per heavy atom. The summed E-state index contributed by atoms with van der Waals surface area (Å²) in [6.07, 6.45) is 0. The predicted octanol–water partition coefficient (Wildman–Crippen LogP) is 3.65. The molecule has 8 heteroatoms. The number of methoxy groups -OCH3 is 1. The van der Waals surface area contributed by atoms with Crippen LogP contribution in [0.3, 0.4) is 0 Å². The Labute approximate surface area is 171 Å². The molecule has 1 atom stereocenters. The average Bonchev–Trinajstić information content (AvgIpc) is 2.65. The van der Waals surface area contributed by atoms with Crippen LogP contribution in [0, 0.1) is 11.7 Å². The third-order valence-corrected chi connectivity index (χ3v) is 5.97. The van der Waals surface area contributed by atoms with Gasteiger partial charge in [-0.2, -0.15) is 0 Å². The number of amides is 1. The van der Waals surface area contributed by atoms with E-state index in [1.807, 2.05) is 13.8 Å². The number of rotatable bonds is 8. The molecule has 29 heavy (non-hydrogen) atoms. The van der Waals surface area contributed by atoms with E-state index in [9.17, 15) is 17.6 Å². The van der Waals surface area contributed by atoms with E-state index in [0.29, 0.717) is 0 Å². The molecule has 0 aliphatic rings. The van der Waals surface area contributed by atoms with Gasteiger partial charge >= 0.3 is 0 Å². The molecule has 2 rings (SSSR count). The smallest absolute Gasteiger partial charge is 0.251 e. The van der Waals surface area contributed by atoms with Gasteiger partial charge in [0.2, 0.25) is 10.0 Å². The highest BCUT2D eigenvalue weighted by Gasteiger charge is 2.24. The summed E-state index contributed by atoms with van der Waals surface area (Å²) in [5.74, 6) is -0.607. The van der Waals surface area contributed by atoms with Crippen molar-refractivity contribution in [3.8, 4) is 5.75 Å². The largest absolute Gasteiger partial charge is 0.495 e. The van der Waals surface area contributed by atoms with E-state index in [0.717, 1.165) is 5.56 Å². The van der Waals surface area contributed by atoms with Gasteiger partial charge < -0.3 is 10.1 Å². The van der Waals surface area contributed by atoms with Gasteiger partial charge in [0, 0.05) is 11.6 Å². The van der Waals surface area contributed by atoms with Crippen molar-refractivity contribution in [1.29, 1.82) is 0 Å². The zero-order chi connectivity index (χ0) is 21.8. The number of carbonyl (C=O) groups is 1. The number of ether oxygens (including phenoxy) is 1. The zero-order valence-corrected chi connectivity index (χ0v) is 18.0. The molecule has 6 nitrogen and oxygen atoms in total. The number of hydrogen-bond donors (Lipinski definition) is 2. The Hall–Kier alpha value is -2.45. The van der Waals surface area contributed by atoms with Crippen LogP contribution in [-0.4, -0.2) is 27.5 Å². The van der Waals surface area contributed by atoms with Crippen molar-refractivity contribution in [3.05, 3.63) is 59.4 Å². The van der Waals surface area contributed by atoms with Crippen LogP contribution in [0.5, 0.6) is 5.75 Å². The molecule has 1 amide bonds. The van der Waals surface area contributed by atoms with Crippen molar-refractivity contribution < 1.29 is 22.3 Å². The van der Waals surface area contributed by atoms with Crippen LogP contribution >= 0.6 is 0 Å². The molecular weight excluding hydrogens is 395 g/mol. The van der Waals surface area contributed by atoms with Gasteiger partial charge in [0.1, 0.15) is 16.5 Å². The second-order valence-corrected chi connectivity index (χ2v) is 9.07.